The van der Waals surface area contributed by atoms with Gasteiger partial charge in [0.25, 0.3) is 0 Å². The molecule has 2 aromatic rings. The summed E-state index contributed by atoms with van der Waals surface area (Å²) in [7, 11) is 0. The summed E-state index contributed by atoms with van der Waals surface area (Å²) in [5, 5.41) is 0.465. The molecule has 0 aliphatic rings. The van der Waals surface area contributed by atoms with E-state index in [1.165, 1.54) is 12.1 Å². The molecule has 1 heterocycles. The van der Waals surface area contributed by atoms with Crippen molar-refractivity contribution in [3.05, 3.63) is 46.6 Å². The highest BCUT2D eigenvalue weighted by Gasteiger charge is 2.09. The predicted octanol–water partition coefficient (Wildman–Crippen LogP) is 2.70. The summed E-state index contributed by atoms with van der Waals surface area (Å²) in [5.41, 5.74) is 7.09. The lowest BCUT2D eigenvalue weighted by atomic mass is 10.1. The second-order valence-electron chi connectivity index (χ2n) is 3.64. The van der Waals surface area contributed by atoms with Gasteiger partial charge in [-0.25, -0.2) is 14.4 Å². The molecule has 0 aliphatic carbocycles. The van der Waals surface area contributed by atoms with E-state index in [-0.39, 0.29) is 12.4 Å². The van der Waals surface area contributed by atoms with E-state index in [1.54, 1.807) is 12.1 Å². The third-order valence-electron chi connectivity index (χ3n) is 2.29. The summed E-state index contributed by atoms with van der Waals surface area (Å²) in [6, 6.07) is 6.06. The molecule has 0 spiro atoms. The Balaban J connectivity index is 2.59. The van der Waals surface area contributed by atoms with Gasteiger partial charge in [-0.15, -0.1) is 0 Å². The van der Waals surface area contributed by atoms with Crippen LogP contribution < -0.4 is 5.73 Å². The van der Waals surface area contributed by atoms with Gasteiger partial charge in [0.2, 0.25) is 0 Å². The summed E-state index contributed by atoms with van der Waals surface area (Å²) in [4.78, 5) is 8.33. The number of nitrogens with zero attached hydrogens (tertiary/aromatic N) is 2. The molecule has 0 fully saturated rings. The van der Waals surface area contributed by atoms with Crippen molar-refractivity contribution < 1.29 is 4.39 Å². The van der Waals surface area contributed by atoms with E-state index in [0.717, 1.165) is 5.69 Å². The topological polar surface area (TPSA) is 51.8 Å². The minimum atomic E-state index is -0.365. The number of aromatic nitrogens is 2. The van der Waals surface area contributed by atoms with Gasteiger partial charge in [0.05, 0.1) is 12.2 Å². The van der Waals surface area contributed by atoms with Crippen LogP contribution in [0, 0.1) is 12.7 Å². The fraction of sp³-hybridized carbons (Fsp3) is 0.167. The summed E-state index contributed by atoms with van der Waals surface area (Å²) >= 11 is 5.85. The van der Waals surface area contributed by atoms with Crippen LogP contribution in [0.3, 0.4) is 0 Å². The van der Waals surface area contributed by atoms with E-state index in [1.807, 2.05) is 6.92 Å². The molecule has 0 unspecified atom stereocenters. The highest BCUT2D eigenvalue weighted by atomic mass is 35.5. The number of hydrogen-bond donors (Lipinski definition) is 1. The molecular formula is C12H11ClFN3. The average Bonchev–Trinajstić information content (AvgIpc) is 2.31. The van der Waals surface area contributed by atoms with Crippen LogP contribution in [0.1, 0.15) is 11.5 Å². The zero-order valence-corrected chi connectivity index (χ0v) is 10.0. The Morgan fingerprint density at radius 2 is 2.06 bits per heavy atom. The molecule has 0 saturated carbocycles. The molecule has 0 saturated heterocycles. The molecule has 2 rings (SSSR count). The van der Waals surface area contributed by atoms with Crippen LogP contribution in [0.2, 0.25) is 5.02 Å². The molecule has 88 valence electrons. The van der Waals surface area contributed by atoms with Gasteiger partial charge in [0, 0.05) is 16.3 Å². The van der Waals surface area contributed by atoms with Crippen molar-refractivity contribution in [3.63, 3.8) is 0 Å². The lowest BCUT2D eigenvalue weighted by Gasteiger charge is -2.06. The molecule has 1 aromatic heterocycles. The van der Waals surface area contributed by atoms with Crippen LogP contribution in [0.5, 0.6) is 0 Å². The molecule has 0 aliphatic heterocycles. The van der Waals surface area contributed by atoms with Crippen LogP contribution in [0.15, 0.2) is 24.3 Å². The lowest BCUT2D eigenvalue weighted by Crippen LogP contribution is -2.05. The van der Waals surface area contributed by atoms with Crippen molar-refractivity contribution in [1.29, 1.82) is 0 Å². The number of benzene rings is 1. The van der Waals surface area contributed by atoms with Crippen molar-refractivity contribution >= 4 is 11.6 Å². The largest absolute Gasteiger partial charge is 0.324 e. The minimum absolute atomic E-state index is 0.219. The SMILES string of the molecule is Cc1cc(-c2cc(Cl)ccc2F)nc(CN)n1. The maximum atomic E-state index is 13.7. The fourth-order valence-corrected chi connectivity index (χ4v) is 1.73. The number of hydrogen-bond acceptors (Lipinski definition) is 3. The van der Waals surface area contributed by atoms with Gasteiger partial charge in [-0.1, -0.05) is 11.6 Å². The van der Waals surface area contributed by atoms with Crippen LogP contribution in [-0.4, -0.2) is 9.97 Å². The van der Waals surface area contributed by atoms with Crippen molar-refractivity contribution in [2.24, 2.45) is 5.73 Å². The quantitative estimate of drug-likeness (QED) is 0.893. The monoisotopic (exact) mass is 251 g/mol. The van der Waals surface area contributed by atoms with Gasteiger partial charge in [0.1, 0.15) is 11.6 Å². The zero-order chi connectivity index (χ0) is 12.4. The highest BCUT2D eigenvalue weighted by molar-refractivity contribution is 6.30. The number of aryl methyl sites for hydroxylation is 1. The first-order valence-corrected chi connectivity index (χ1v) is 5.48. The summed E-state index contributed by atoms with van der Waals surface area (Å²) in [6.07, 6.45) is 0. The van der Waals surface area contributed by atoms with Crippen molar-refractivity contribution in [1.82, 2.24) is 9.97 Å². The Morgan fingerprint density at radius 1 is 1.29 bits per heavy atom. The van der Waals surface area contributed by atoms with Crippen LogP contribution in [-0.2, 0) is 6.54 Å². The standard InChI is InChI=1S/C12H11ClFN3/c1-7-4-11(17-12(6-15)16-7)9-5-8(13)2-3-10(9)14/h2-5H,6,15H2,1H3. The highest BCUT2D eigenvalue weighted by Crippen LogP contribution is 2.24. The van der Waals surface area contributed by atoms with E-state index in [9.17, 15) is 4.39 Å². The van der Waals surface area contributed by atoms with E-state index in [0.29, 0.717) is 22.1 Å². The van der Waals surface area contributed by atoms with Gasteiger partial charge >= 0.3 is 0 Å². The van der Waals surface area contributed by atoms with Gasteiger partial charge in [-0.3, -0.25) is 0 Å². The Morgan fingerprint density at radius 3 is 2.76 bits per heavy atom. The average molecular weight is 252 g/mol. The first kappa shape index (κ1) is 12.0. The predicted molar refractivity (Wildman–Crippen MR) is 65.1 cm³/mol. The van der Waals surface area contributed by atoms with E-state index in [2.05, 4.69) is 9.97 Å². The molecular weight excluding hydrogens is 241 g/mol. The number of rotatable bonds is 2. The van der Waals surface area contributed by atoms with Crippen molar-refractivity contribution in [2.45, 2.75) is 13.5 Å². The fourth-order valence-electron chi connectivity index (χ4n) is 1.55. The van der Waals surface area contributed by atoms with Crippen molar-refractivity contribution in [3.8, 4) is 11.3 Å². The van der Waals surface area contributed by atoms with Crippen LogP contribution >= 0.6 is 11.6 Å². The minimum Gasteiger partial charge on any atom is -0.324 e. The maximum Gasteiger partial charge on any atom is 0.142 e. The molecule has 5 heteroatoms. The summed E-state index contributed by atoms with van der Waals surface area (Å²) < 4.78 is 13.7. The van der Waals surface area contributed by atoms with Gasteiger partial charge in [-0.2, -0.15) is 0 Å². The van der Waals surface area contributed by atoms with E-state index in [4.69, 9.17) is 17.3 Å². The first-order valence-electron chi connectivity index (χ1n) is 5.10. The molecule has 1 aromatic carbocycles. The van der Waals surface area contributed by atoms with Gasteiger partial charge in [0.15, 0.2) is 0 Å². The zero-order valence-electron chi connectivity index (χ0n) is 9.24. The Labute approximate surface area is 103 Å². The Kier molecular flexibility index (Phi) is 3.36. The van der Waals surface area contributed by atoms with Crippen molar-refractivity contribution in [2.75, 3.05) is 0 Å². The molecule has 2 N–H and O–H groups in total. The normalized spacial score (nSPS) is 10.6. The lowest BCUT2D eigenvalue weighted by molar-refractivity contribution is 0.630. The third kappa shape index (κ3) is 2.60. The molecule has 0 radical (unpaired) electrons. The first-order chi connectivity index (χ1) is 8.10. The molecule has 3 nitrogen and oxygen atoms in total. The second kappa shape index (κ2) is 4.77. The maximum absolute atomic E-state index is 13.7. The van der Waals surface area contributed by atoms with Gasteiger partial charge < -0.3 is 5.73 Å². The Hall–Kier alpha value is -1.52. The van der Waals surface area contributed by atoms with E-state index >= 15 is 0 Å². The van der Waals surface area contributed by atoms with Crippen LogP contribution in [0.25, 0.3) is 11.3 Å². The molecule has 17 heavy (non-hydrogen) atoms. The number of nitrogens with two attached hydrogens (primary N) is 1. The Bertz CT molecular complexity index is 557. The number of halogens is 2. The van der Waals surface area contributed by atoms with Crippen LogP contribution in [0.4, 0.5) is 4.39 Å². The third-order valence-corrected chi connectivity index (χ3v) is 2.52. The van der Waals surface area contributed by atoms with Gasteiger partial charge in [-0.05, 0) is 31.2 Å². The van der Waals surface area contributed by atoms with E-state index < -0.39 is 0 Å². The summed E-state index contributed by atoms with van der Waals surface area (Å²) in [5.74, 6) is 0.120. The summed E-state index contributed by atoms with van der Waals surface area (Å²) in [6.45, 7) is 2.03. The smallest absolute Gasteiger partial charge is 0.142 e. The molecule has 0 atom stereocenters. The second-order valence-corrected chi connectivity index (χ2v) is 4.08. The molecule has 0 amide bonds. The molecule has 0 bridgehead atoms.